The standard InChI is InChI=1S/C12H25NO2.C6H12O2.Na.H/c1-2-3-4-5-6-7-8-9-10-11-12(14)13-15;1-4-5(2)8-6(3)7;;/h15H,2-11H2,1H3,(H,13,14);5H,4H2,1-3H3;;/q;;+1;-1. The van der Waals surface area contributed by atoms with Crippen molar-refractivity contribution in [2.24, 2.45) is 0 Å². The SMILES string of the molecule is CCC(C)OC(C)=O.CCCCCCCCCCCC(=O)NO.[H-].[Na+]. The number of carbonyl (C=O) groups is 2. The smallest absolute Gasteiger partial charge is 1.00 e. The van der Waals surface area contributed by atoms with Gasteiger partial charge in [-0.3, -0.25) is 14.8 Å². The molecule has 24 heavy (non-hydrogen) atoms. The van der Waals surface area contributed by atoms with E-state index >= 15 is 0 Å². The van der Waals surface area contributed by atoms with Crippen LogP contribution in [0.15, 0.2) is 0 Å². The van der Waals surface area contributed by atoms with Crippen LogP contribution in [0.3, 0.4) is 0 Å². The number of hydrogen-bond acceptors (Lipinski definition) is 4. The van der Waals surface area contributed by atoms with Gasteiger partial charge in [0.25, 0.3) is 0 Å². The van der Waals surface area contributed by atoms with E-state index < -0.39 is 0 Å². The molecule has 0 aromatic rings. The second-order valence-electron chi connectivity index (χ2n) is 5.94. The van der Waals surface area contributed by atoms with Crippen molar-refractivity contribution in [2.75, 3.05) is 0 Å². The Morgan fingerprint density at radius 3 is 1.79 bits per heavy atom. The first-order chi connectivity index (χ1) is 11.0. The zero-order valence-electron chi connectivity index (χ0n) is 17.5. The van der Waals surface area contributed by atoms with Gasteiger partial charge in [0.15, 0.2) is 0 Å². The van der Waals surface area contributed by atoms with Crippen molar-refractivity contribution < 1.29 is 50.5 Å². The van der Waals surface area contributed by atoms with Gasteiger partial charge in [-0.1, -0.05) is 65.2 Å². The van der Waals surface area contributed by atoms with Gasteiger partial charge in [0.2, 0.25) is 5.91 Å². The molecule has 2 N–H and O–H groups in total. The summed E-state index contributed by atoms with van der Waals surface area (Å²) in [6.07, 6.45) is 12.6. The molecule has 0 fully saturated rings. The summed E-state index contributed by atoms with van der Waals surface area (Å²) < 4.78 is 4.76. The van der Waals surface area contributed by atoms with Gasteiger partial charge in [0.1, 0.15) is 0 Å². The maximum Gasteiger partial charge on any atom is 1.00 e. The van der Waals surface area contributed by atoms with E-state index in [0.717, 1.165) is 19.3 Å². The molecule has 0 spiro atoms. The average molecular weight is 355 g/mol. The molecule has 5 nitrogen and oxygen atoms in total. The van der Waals surface area contributed by atoms with E-state index in [2.05, 4.69) is 6.92 Å². The number of rotatable bonds is 12. The van der Waals surface area contributed by atoms with Crippen molar-refractivity contribution in [2.45, 2.75) is 104 Å². The van der Waals surface area contributed by atoms with Crippen LogP contribution in [0.5, 0.6) is 0 Å². The number of esters is 1. The predicted molar refractivity (Wildman–Crippen MR) is 94.4 cm³/mol. The van der Waals surface area contributed by atoms with Gasteiger partial charge in [-0.15, -0.1) is 0 Å². The fourth-order valence-corrected chi connectivity index (χ4v) is 2.02. The molecule has 0 aromatic heterocycles. The molecule has 0 rings (SSSR count). The molecule has 0 aliphatic carbocycles. The molecule has 140 valence electrons. The minimum atomic E-state index is -0.266. The third-order valence-corrected chi connectivity index (χ3v) is 3.57. The van der Waals surface area contributed by atoms with Crippen molar-refractivity contribution in [3.63, 3.8) is 0 Å². The van der Waals surface area contributed by atoms with Gasteiger partial charge in [0, 0.05) is 13.3 Å². The van der Waals surface area contributed by atoms with E-state index in [1.165, 1.54) is 51.9 Å². The van der Waals surface area contributed by atoms with Crippen LogP contribution in [0.25, 0.3) is 0 Å². The first-order valence-corrected chi connectivity index (χ1v) is 9.08. The Labute approximate surface area is 172 Å². The van der Waals surface area contributed by atoms with Crippen LogP contribution in [0, 0.1) is 0 Å². The van der Waals surface area contributed by atoms with Crippen LogP contribution in [0.1, 0.15) is 99.8 Å². The van der Waals surface area contributed by atoms with Crippen LogP contribution in [0.4, 0.5) is 0 Å². The summed E-state index contributed by atoms with van der Waals surface area (Å²) in [5.41, 5.74) is 1.65. The number of hydroxylamine groups is 1. The molecular weight excluding hydrogens is 317 g/mol. The zero-order valence-corrected chi connectivity index (χ0v) is 18.5. The topological polar surface area (TPSA) is 75.6 Å². The number of nitrogens with one attached hydrogen (secondary N) is 1. The monoisotopic (exact) mass is 355 g/mol. The largest absolute Gasteiger partial charge is 1.00 e. The Kier molecular flexibility index (Phi) is 27.4. The molecule has 0 aliphatic heterocycles. The van der Waals surface area contributed by atoms with Crippen molar-refractivity contribution in [3.8, 4) is 0 Å². The van der Waals surface area contributed by atoms with Gasteiger partial charge >= 0.3 is 35.5 Å². The van der Waals surface area contributed by atoms with Crippen LogP contribution < -0.4 is 35.0 Å². The number of hydrogen-bond donors (Lipinski definition) is 2. The molecule has 6 heteroatoms. The van der Waals surface area contributed by atoms with E-state index in [9.17, 15) is 9.59 Å². The van der Waals surface area contributed by atoms with Crippen molar-refractivity contribution in [3.05, 3.63) is 0 Å². The second kappa shape index (κ2) is 22.9. The number of ether oxygens (including phenoxy) is 1. The van der Waals surface area contributed by atoms with Crippen molar-refractivity contribution in [1.82, 2.24) is 5.48 Å². The fourth-order valence-electron chi connectivity index (χ4n) is 2.02. The fraction of sp³-hybridized carbons (Fsp3) is 0.889. The van der Waals surface area contributed by atoms with Gasteiger partial charge in [-0.05, 0) is 19.8 Å². The Morgan fingerprint density at radius 1 is 1.00 bits per heavy atom. The van der Waals surface area contributed by atoms with Crippen molar-refractivity contribution >= 4 is 11.9 Å². The molecule has 0 aliphatic rings. The normalized spacial score (nSPS) is 10.7. The average Bonchev–Trinajstić information content (AvgIpc) is 2.52. The number of amides is 1. The molecular formula is C18H38NNaO4. The van der Waals surface area contributed by atoms with Gasteiger partial charge in [-0.2, -0.15) is 0 Å². The molecule has 0 aromatic carbocycles. The third-order valence-electron chi connectivity index (χ3n) is 3.57. The molecule has 0 heterocycles. The van der Waals surface area contributed by atoms with Crippen LogP contribution in [0.2, 0.25) is 0 Å². The molecule has 1 unspecified atom stereocenters. The molecule has 0 bridgehead atoms. The summed E-state index contributed by atoms with van der Waals surface area (Å²) in [6, 6.07) is 0. The Morgan fingerprint density at radius 2 is 1.46 bits per heavy atom. The first kappa shape index (κ1) is 28.7. The maximum atomic E-state index is 10.7. The van der Waals surface area contributed by atoms with Crippen molar-refractivity contribution in [1.29, 1.82) is 0 Å². The zero-order chi connectivity index (χ0) is 17.9. The summed E-state index contributed by atoms with van der Waals surface area (Å²) in [5.74, 6) is -0.461. The summed E-state index contributed by atoms with van der Waals surface area (Å²) in [5, 5.41) is 8.26. The molecule has 0 saturated carbocycles. The van der Waals surface area contributed by atoms with E-state index in [-0.39, 0.29) is 49.0 Å². The number of unbranched alkanes of at least 4 members (excludes halogenated alkanes) is 8. The molecule has 1 atom stereocenters. The summed E-state index contributed by atoms with van der Waals surface area (Å²) in [6.45, 7) is 7.51. The van der Waals surface area contributed by atoms with E-state index in [4.69, 9.17) is 9.94 Å². The van der Waals surface area contributed by atoms with Gasteiger partial charge in [0.05, 0.1) is 6.10 Å². The number of carbonyl (C=O) groups excluding carboxylic acids is 2. The minimum Gasteiger partial charge on any atom is -1.00 e. The molecule has 1 amide bonds. The van der Waals surface area contributed by atoms with Crippen LogP contribution >= 0.6 is 0 Å². The van der Waals surface area contributed by atoms with Crippen LogP contribution in [-0.4, -0.2) is 23.2 Å². The Hall–Kier alpha value is -0.100. The Bertz CT molecular complexity index is 294. The minimum absolute atomic E-state index is 0. The summed E-state index contributed by atoms with van der Waals surface area (Å²) in [7, 11) is 0. The molecule has 0 radical (unpaired) electrons. The van der Waals surface area contributed by atoms with Crippen LogP contribution in [-0.2, 0) is 14.3 Å². The maximum absolute atomic E-state index is 10.7. The first-order valence-electron chi connectivity index (χ1n) is 9.08. The van der Waals surface area contributed by atoms with E-state index in [0.29, 0.717) is 6.42 Å². The van der Waals surface area contributed by atoms with Gasteiger partial charge < -0.3 is 6.16 Å². The quantitative estimate of drug-likeness (QED) is 0.184. The second-order valence-corrected chi connectivity index (χ2v) is 5.94. The van der Waals surface area contributed by atoms with E-state index in [1.54, 1.807) is 5.48 Å². The summed E-state index contributed by atoms with van der Waals surface area (Å²) >= 11 is 0. The Balaban J connectivity index is -0.000000190. The summed E-state index contributed by atoms with van der Waals surface area (Å²) in [4.78, 5) is 20.8. The molecule has 0 saturated heterocycles. The predicted octanol–water partition coefficient (Wildman–Crippen LogP) is 1.88. The van der Waals surface area contributed by atoms with Gasteiger partial charge in [-0.25, -0.2) is 5.48 Å². The van der Waals surface area contributed by atoms with E-state index in [1.807, 2.05) is 13.8 Å². The third kappa shape index (κ3) is 26.8.